The molecule has 1 heterocycles. The molecule has 0 fully saturated rings. The molecule has 0 saturated carbocycles. The number of carbonyl (C=O) groups is 2. The number of fused-ring (bicyclic) bond motifs is 1. The van der Waals surface area contributed by atoms with Gasteiger partial charge in [0.15, 0.2) is 0 Å². The van der Waals surface area contributed by atoms with Crippen molar-refractivity contribution in [2.75, 3.05) is 10.2 Å². The highest BCUT2D eigenvalue weighted by Gasteiger charge is 2.21. The SMILES string of the molecule is CC(=O)N(Cc1ccc(C)cc1)c1nc2ccccc2n(CC(=O)Nc2cccc(C)c2)c1=O. The Hall–Kier alpha value is -4.26. The standard InChI is InChI=1S/C27H26N4O3/c1-18-11-13-21(14-12-18)16-30(20(3)32)26-27(34)31(24-10-5-4-9-23(24)29-26)17-25(33)28-22-8-6-7-19(2)15-22/h4-15H,16-17H2,1-3H3,(H,28,33). The number of aromatic nitrogens is 2. The maximum Gasteiger partial charge on any atom is 0.294 e. The average Bonchev–Trinajstić information content (AvgIpc) is 2.80. The van der Waals surface area contributed by atoms with Gasteiger partial charge < -0.3 is 5.32 Å². The molecular weight excluding hydrogens is 428 g/mol. The molecule has 0 bridgehead atoms. The van der Waals surface area contributed by atoms with Gasteiger partial charge in [-0.15, -0.1) is 0 Å². The van der Waals surface area contributed by atoms with Crippen molar-refractivity contribution in [3.05, 3.63) is 99.8 Å². The number of para-hydroxylation sites is 2. The first-order valence-electron chi connectivity index (χ1n) is 11.0. The van der Waals surface area contributed by atoms with E-state index in [0.29, 0.717) is 16.7 Å². The van der Waals surface area contributed by atoms with Gasteiger partial charge in [0.05, 0.1) is 17.6 Å². The Kier molecular flexibility index (Phi) is 6.54. The van der Waals surface area contributed by atoms with Crippen LogP contribution in [-0.2, 0) is 22.7 Å². The molecule has 1 N–H and O–H groups in total. The van der Waals surface area contributed by atoms with E-state index in [1.807, 2.05) is 56.3 Å². The van der Waals surface area contributed by atoms with Crippen LogP contribution in [0.4, 0.5) is 11.5 Å². The Morgan fingerprint density at radius 3 is 2.38 bits per heavy atom. The van der Waals surface area contributed by atoms with Gasteiger partial charge in [-0.2, -0.15) is 0 Å². The van der Waals surface area contributed by atoms with Crippen molar-refractivity contribution in [2.24, 2.45) is 0 Å². The Bertz CT molecular complexity index is 1420. The summed E-state index contributed by atoms with van der Waals surface area (Å²) < 4.78 is 1.37. The first-order valence-corrected chi connectivity index (χ1v) is 11.0. The minimum Gasteiger partial charge on any atom is -0.325 e. The van der Waals surface area contributed by atoms with Crippen LogP contribution >= 0.6 is 0 Å². The molecule has 2 amide bonds. The van der Waals surface area contributed by atoms with Crippen molar-refractivity contribution >= 4 is 34.4 Å². The van der Waals surface area contributed by atoms with Crippen LogP contribution in [0.3, 0.4) is 0 Å². The topological polar surface area (TPSA) is 84.3 Å². The second-order valence-electron chi connectivity index (χ2n) is 8.32. The van der Waals surface area contributed by atoms with Gasteiger partial charge in [0.25, 0.3) is 5.56 Å². The van der Waals surface area contributed by atoms with E-state index >= 15 is 0 Å². The number of hydrogen-bond donors (Lipinski definition) is 1. The normalized spacial score (nSPS) is 10.8. The van der Waals surface area contributed by atoms with Gasteiger partial charge in [-0.05, 0) is 49.2 Å². The summed E-state index contributed by atoms with van der Waals surface area (Å²) in [7, 11) is 0. The van der Waals surface area contributed by atoms with Gasteiger partial charge in [0.1, 0.15) is 6.54 Å². The van der Waals surface area contributed by atoms with Crippen LogP contribution in [-0.4, -0.2) is 21.4 Å². The van der Waals surface area contributed by atoms with E-state index in [-0.39, 0.29) is 30.7 Å². The molecule has 4 aromatic rings. The van der Waals surface area contributed by atoms with E-state index in [1.54, 1.807) is 30.3 Å². The molecule has 3 aromatic carbocycles. The molecule has 1 aromatic heterocycles. The zero-order chi connectivity index (χ0) is 24.2. The third-order valence-corrected chi connectivity index (χ3v) is 5.54. The Labute approximate surface area is 197 Å². The van der Waals surface area contributed by atoms with E-state index in [2.05, 4.69) is 10.3 Å². The highest BCUT2D eigenvalue weighted by molar-refractivity contribution is 5.93. The van der Waals surface area contributed by atoms with Crippen molar-refractivity contribution in [1.82, 2.24) is 9.55 Å². The number of benzene rings is 3. The fourth-order valence-electron chi connectivity index (χ4n) is 3.79. The summed E-state index contributed by atoms with van der Waals surface area (Å²) >= 11 is 0. The smallest absolute Gasteiger partial charge is 0.294 e. The largest absolute Gasteiger partial charge is 0.325 e. The molecule has 34 heavy (non-hydrogen) atoms. The second kappa shape index (κ2) is 9.70. The predicted octanol–water partition coefficient (Wildman–Crippen LogP) is 4.21. The lowest BCUT2D eigenvalue weighted by Gasteiger charge is -2.21. The van der Waals surface area contributed by atoms with Gasteiger partial charge >= 0.3 is 0 Å². The molecule has 0 spiro atoms. The molecule has 0 saturated heterocycles. The van der Waals surface area contributed by atoms with Crippen LogP contribution in [0, 0.1) is 13.8 Å². The molecule has 172 valence electrons. The van der Waals surface area contributed by atoms with Gasteiger partial charge in [-0.1, -0.05) is 54.1 Å². The zero-order valence-electron chi connectivity index (χ0n) is 19.4. The maximum absolute atomic E-state index is 13.5. The van der Waals surface area contributed by atoms with Gasteiger partial charge in [0, 0.05) is 12.6 Å². The second-order valence-corrected chi connectivity index (χ2v) is 8.32. The van der Waals surface area contributed by atoms with E-state index in [9.17, 15) is 14.4 Å². The van der Waals surface area contributed by atoms with Crippen molar-refractivity contribution in [2.45, 2.75) is 33.9 Å². The number of anilines is 2. The summed E-state index contributed by atoms with van der Waals surface area (Å²) in [6.07, 6.45) is 0. The van der Waals surface area contributed by atoms with E-state index in [1.165, 1.54) is 16.4 Å². The molecule has 7 heteroatoms. The molecule has 0 aliphatic rings. The van der Waals surface area contributed by atoms with E-state index in [0.717, 1.165) is 16.7 Å². The van der Waals surface area contributed by atoms with Crippen LogP contribution in [0.15, 0.2) is 77.6 Å². The summed E-state index contributed by atoms with van der Waals surface area (Å²) in [6.45, 7) is 5.31. The molecule has 4 rings (SSSR count). The average molecular weight is 455 g/mol. The number of aryl methyl sites for hydroxylation is 2. The molecule has 7 nitrogen and oxygen atoms in total. The molecule has 0 atom stereocenters. The van der Waals surface area contributed by atoms with Crippen LogP contribution in [0.1, 0.15) is 23.6 Å². The van der Waals surface area contributed by atoms with E-state index in [4.69, 9.17) is 0 Å². The van der Waals surface area contributed by atoms with Gasteiger partial charge in [0.2, 0.25) is 17.6 Å². The zero-order valence-corrected chi connectivity index (χ0v) is 19.4. The molecule has 0 aliphatic carbocycles. The number of nitrogens with one attached hydrogen (secondary N) is 1. The Morgan fingerprint density at radius 1 is 0.941 bits per heavy atom. The monoisotopic (exact) mass is 454 g/mol. The van der Waals surface area contributed by atoms with Crippen LogP contribution < -0.4 is 15.8 Å². The summed E-state index contributed by atoms with van der Waals surface area (Å²) in [5.74, 6) is -0.658. The van der Waals surface area contributed by atoms with Crippen molar-refractivity contribution < 1.29 is 9.59 Å². The van der Waals surface area contributed by atoms with Crippen molar-refractivity contribution in [1.29, 1.82) is 0 Å². The lowest BCUT2D eigenvalue weighted by Crippen LogP contribution is -2.38. The third-order valence-electron chi connectivity index (χ3n) is 5.54. The Balaban J connectivity index is 1.74. The highest BCUT2D eigenvalue weighted by Crippen LogP contribution is 2.18. The van der Waals surface area contributed by atoms with Crippen LogP contribution in [0.25, 0.3) is 11.0 Å². The summed E-state index contributed by atoms with van der Waals surface area (Å²) in [4.78, 5) is 44.8. The van der Waals surface area contributed by atoms with Gasteiger partial charge in [-0.3, -0.25) is 23.9 Å². The lowest BCUT2D eigenvalue weighted by atomic mass is 10.1. The van der Waals surface area contributed by atoms with Crippen LogP contribution in [0.5, 0.6) is 0 Å². The molecular formula is C27H26N4O3. The summed E-state index contributed by atoms with van der Waals surface area (Å²) in [5.41, 5.74) is 4.19. The van der Waals surface area contributed by atoms with Crippen molar-refractivity contribution in [3.63, 3.8) is 0 Å². The van der Waals surface area contributed by atoms with Crippen molar-refractivity contribution in [3.8, 4) is 0 Å². The van der Waals surface area contributed by atoms with E-state index < -0.39 is 5.56 Å². The quantitative estimate of drug-likeness (QED) is 0.473. The summed E-state index contributed by atoms with van der Waals surface area (Å²) in [5, 5.41) is 2.84. The lowest BCUT2D eigenvalue weighted by molar-refractivity contribution is -0.117. The number of rotatable bonds is 6. The highest BCUT2D eigenvalue weighted by atomic mass is 16.2. The number of carbonyl (C=O) groups excluding carboxylic acids is 2. The number of nitrogens with zero attached hydrogens (tertiary/aromatic N) is 3. The molecule has 0 unspecified atom stereocenters. The molecule has 0 aliphatic heterocycles. The molecule has 0 radical (unpaired) electrons. The first-order chi connectivity index (χ1) is 16.3. The fourth-order valence-corrected chi connectivity index (χ4v) is 3.79. The number of amides is 2. The number of hydrogen-bond acceptors (Lipinski definition) is 4. The minimum atomic E-state index is -0.500. The predicted molar refractivity (Wildman–Crippen MR) is 134 cm³/mol. The minimum absolute atomic E-state index is 0.00451. The first kappa shape index (κ1) is 22.9. The fraction of sp³-hybridized carbons (Fsp3) is 0.185. The Morgan fingerprint density at radius 2 is 1.68 bits per heavy atom. The van der Waals surface area contributed by atoms with Gasteiger partial charge in [-0.25, -0.2) is 4.98 Å². The van der Waals surface area contributed by atoms with Crippen LogP contribution in [0.2, 0.25) is 0 Å². The summed E-state index contributed by atoms with van der Waals surface area (Å²) in [6, 6.07) is 22.3. The third kappa shape index (κ3) is 5.04. The maximum atomic E-state index is 13.5.